The number of aliphatic hydroxyl groups excluding tert-OH is 2. The lowest BCUT2D eigenvalue weighted by molar-refractivity contribution is 0.281. The van der Waals surface area contributed by atoms with Crippen molar-refractivity contribution >= 4 is 35.4 Å². The first-order chi connectivity index (χ1) is 7.72. The van der Waals surface area contributed by atoms with E-state index in [1.807, 2.05) is 0 Å². The molecule has 1 aromatic carbocycles. The Morgan fingerprint density at radius 3 is 2.24 bits per heavy atom. The number of anilines is 1. The van der Waals surface area contributed by atoms with E-state index in [1.165, 1.54) is 6.07 Å². The molecular weight excluding hydrogens is 267 g/mol. The topological polar surface area (TPSA) is 73.1 Å². The molecule has 1 aromatic rings. The van der Waals surface area contributed by atoms with Crippen LogP contribution in [0.15, 0.2) is 23.4 Å². The van der Waals surface area contributed by atoms with Gasteiger partial charge in [-0.1, -0.05) is 11.6 Å². The standard InChI is InChI=1S/C10H13ClN2O3.ClH/c11-9-7-8(1-2-10(9)12-16)13(3-5-14)4-6-15;/h1-2,7,14-15H,3-6H2;1H. The van der Waals surface area contributed by atoms with Crippen molar-refractivity contribution in [3.63, 3.8) is 0 Å². The van der Waals surface area contributed by atoms with Gasteiger partial charge in [0.2, 0.25) is 0 Å². The Morgan fingerprint density at radius 2 is 1.82 bits per heavy atom. The molecule has 0 atom stereocenters. The quantitative estimate of drug-likeness (QED) is 0.782. The minimum Gasteiger partial charge on any atom is -0.395 e. The SMILES string of the molecule is Cl.O=Nc1ccc(N(CCO)CCO)cc1Cl. The first kappa shape index (κ1) is 16.1. The summed E-state index contributed by atoms with van der Waals surface area (Å²) in [5.74, 6) is 0. The van der Waals surface area contributed by atoms with Crippen molar-refractivity contribution in [2.45, 2.75) is 0 Å². The molecular formula is C10H14Cl2N2O3. The summed E-state index contributed by atoms with van der Waals surface area (Å²) in [4.78, 5) is 12.1. The van der Waals surface area contributed by atoms with Crippen molar-refractivity contribution in [2.24, 2.45) is 5.18 Å². The highest BCUT2D eigenvalue weighted by Gasteiger charge is 2.08. The molecule has 96 valence electrons. The minimum absolute atomic E-state index is 0. The zero-order chi connectivity index (χ0) is 12.0. The summed E-state index contributed by atoms with van der Waals surface area (Å²) in [5.41, 5.74) is 0.916. The van der Waals surface area contributed by atoms with Crippen LogP contribution in [0.2, 0.25) is 5.02 Å². The van der Waals surface area contributed by atoms with Crippen molar-refractivity contribution in [2.75, 3.05) is 31.2 Å². The van der Waals surface area contributed by atoms with E-state index >= 15 is 0 Å². The number of nitroso groups, excluding NO2 is 1. The Morgan fingerprint density at radius 1 is 1.24 bits per heavy atom. The van der Waals surface area contributed by atoms with Gasteiger partial charge in [-0.05, 0) is 23.4 Å². The molecule has 0 saturated heterocycles. The summed E-state index contributed by atoms with van der Waals surface area (Å²) < 4.78 is 0. The molecule has 0 aliphatic rings. The third-order valence-corrected chi connectivity index (χ3v) is 2.44. The van der Waals surface area contributed by atoms with E-state index in [1.54, 1.807) is 17.0 Å². The summed E-state index contributed by atoms with van der Waals surface area (Å²) in [6.07, 6.45) is 0. The highest BCUT2D eigenvalue weighted by atomic mass is 35.5. The number of aliphatic hydroxyl groups is 2. The Balaban J connectivity index is 0.00000256. The molecule has 0 bridgehead atoms. The van der Waals surface area contributed by atoms with E-state index in [0.717, 1.165) is 5.69 Å². The van der Waals surface area contributed by atoms with Gasteiger partial charge in [0.05, 0.1) is 18.2 Å². The van der Waals surface area contributed by atoms with E-state index < -0.39 is 0 Å². The molecule has 5 nitrogen and oxygen atoms in total. The van der Waals surface area contributed by atoms with Crippen molar-refractivity contribution < 1.29 is 10.2 Å². The lowest BCUT2D eigenvalue weighted by atomic mass is 10.2. The van der Waals surface area contributed by atoms with Gasteiger partial charge in [-0.25, -0.2) is 0 Å². The summed E-state index contributed by atoms with van der Waals surface area (Å²) in [6, 6.07) is 4.77. The van der Waals surface area contributed by atoms with Crippen LogP contribution in [-0.2, 0) is 0 Å². The van der Waals surface area contributed by atoms with Gasteiger partial charge in [0, 0.05) is 18.8 Å². The van der Waals surface area contributed by atoms with Gasteiger partial charge in [-0.2, -0.15) is 0 Å². The summed E-state index contributed by atoms with van der Waals surface area (Å²) in [5, 5.41) is 20.8. The fourth-order valence-corrected chi connectivity index (χ4v) is 1.59. The van der Waals surface area contributed by atoms with Crippen molar-refractivity contribution in [1.82, 2.24) is 0 Å². The fraction of sp³-hybridized carbons (Fsp3) is 0.400. The van der Waals surface area contributed by atoms with Crippen molar-refractivity contribution in [3.8, 4) is 0 Å². The van der Waals surface area contributed by atoms with Crippen LogP contribution in [-0.4, -0.2) is 36.5 Å². The molecule has 0 unspecified atom stereocenters. The van der Waals surface area contributed by atoms with Gasteiger partial charge < -0.3 is 15.1 Å². The second kappa shape index (κ2) is 8.25. The molecule has 0 amide bonds. The Kier molecular flexibility index (Phi) is 7.82. The lowest BCUT2D eigenvalue weighted by Crippen LogP contribution is -2.29. The predicted molar refractivity (Wildman–Crippen MR) is 70.5 cm³/mol. The Hall–Kier alpha value is -0.880. The molecule has 0 heterocycles. The van der Waals surface area contributed by atoms with E-state index in [4.69, 9.17) is 21.8 Å². The molecule has 1 rings (SSSR count). The molecule has 17 heavy (non-hydrogen) atoms. The molecule has 0 aromatic heterocycles. The third-order valence-electron chi connectivity index (χ3n) is 2.13. The second-order valence-electron chi connectivity index (χ2n) is 3.16. The van der Waals surface area contributed by atoms with Crippen molar-refractivity contribution in [3.05, 3.63) is 28.1 Å². The Bertz CT molecular complexity index is 357. The third kappa shape index (κ3) is 4.47. The number of hydrogen-bond donors (Lipinski definition) is 2. The molecule has 2 N–H and O–H groups in total. The maximum atomic E-state index is 10.3. The molecule has 0 spiro atoms. The first-order valence-electron chi connectivity index (χ1n) is 4.82. The summed E-state index contributed by atoms with van der Waals surface area (Å²) in [7, 11) is 0. The smallest absolute Gasteiger partial charge is 0.126 e. The van der Waals surface area contributed by atoms with Crippen LogP contribution in [0.1, 0.15) is 0 Å². The zero-order valence-electron chi connectivity index (χ0n) is 9.04. The molecule has 7 heteroatoms. The van der Waals surface area contributed by atoms with Gasteiger partial charge in [-0.15, -0.1) is 17.3 Å². The normalized spacial score (nSPS) is 9.59. The monoisotopic (exact) mass is 280 g/mol. The van der Waals surface area contributed by atoms with Crippen LogP contribution in [0.4, 0.5) is 11.4 Å². The number of nitrogens with zero attached hydrogens (tertiary/aromatic N) is 2. The summed E-state index contributed by atoms with van der Waals surface area (Å²) >= 11 is 5.83. The molecule has 0 fully saturated rings. The molecule has 0 radical (unpaired) electrons. The van der Waals surface area contributed by atoms with Gasteiger partial charge in [-0.3, -0.25) is 0 Å². The average molecular weight is 281 g/mol. The molecule has 0 aliphatic heterocycles. The van der Waals surface area contributed by atoms with Crippen LogP contribution in [0.3, 0.4) is 0 Å². The second-order valence-corrected chi connectivity index (χ2v) is 3.57. The zero-order valence-corrected chi connectivity index (χ0v) is 10.6. The summed E-state index contributed by atoms with van der Waals surface area (Å²) in [6.45, 7) is 0.742. The molecule has 0 saturated carbocycles. The van der Waals surface area contributed by atoms with E-state index in [2.05, 4.69) is 5.18 Å². The maximum absolute atomic E-state index is 10.3. The largest absolute Gasteiger partial charge is 0.395 e. The number of halogens is 2. The fourth-order valence-electron chi connectivity index (χ4n) is 1.38. The average Bonchev–Trinajstić information content (AvgIpc) is 2.28. The predicted octanol–water partition coefficient (Wildman–Crippen LogP) is 1.95. The van der Waals surface area contributed by atoms with Gasteiger partial charge in [0.15, 0.2) is 0 Å². The number of rotatable bonds is 6. The van der Waals surface area contributed by atoms with E-state index in [-0.39, 0.29) is 36.3 Å². The van der Waals surface area contributed by atoms with Crippen LogP contribution < -0.4 is 4.90 Å². The van der Waals surface area contributed by atoms with Gasteiger partial charge in [0.25, 0.3) is 0 Å². The first-order valence-corrected chi connectivity index (χ1v) is 5.20. The van der Waals surface area contributed by atoms with Gasteiger partial charge in [0.1, 0.15) is 5.69 Å². The highest BCUT2D eigenvalue weighted by molar-refractivity contribution is 6.33. The van der Waals surface area contributed by atoms with Crippen LogP contribution in [0.25, 0.3) is 0 Å². The highest BCUT2D eigenvalue weighted by Crippen LogP contribution is 2.29. The van der Waals surface area contributed by atoms with Crippen LogP contribution in [0.5, 0.6) is 0 Å². The molecule has 0 aliphatic carbocycles. The Labute approximate surface area is 110 Å². The lowest BCUT2D eigenvalue weighted by Gasteiger charge is -2.23. The van der Waals surface area contributed by atoms with Gasteiger partial charge >= 0.3 is 0 Å². The van der Waals surface area contributed by atoms with E-state index in [0.29, 0.717) is 13.1 Å². The van der Waals surface area contributed by atoms with Crippen LogP contribution in [0, 0.1) is 4.91 Å². The number of benzene rings is 1. The van der Waals surface area contributed by atoms with E-state index in [9.17, 15) is 4.91 Å². The number of hydrogen-bond acceptors (Lipinski definition) is 5. The van der Waals surface area contributed by atoms with Crippen LogP contribution >= 0.6 is 24.0 Å². The van der Waals surface area contributed by atoms with Crippen molar-refractivity contribution in [1.29, 1.82) is 0 Å². The maximum Gasteiger partial charge on any atom is 0.126 e. The minimum atomic E-state index is -0.0225.